The van der Waals surface area contributed by atoms with E-state index in [9.17, 15) is 8.42 Å². The summed E-state index contributed by atoms with van der Waals surface area (Å²) in [6, 6.07) is 10.6. The van der Waals surface area contributed by atoms with Crippen LogP contribution in [0.4, 0.5) is 0 Å². The SMILES string of the molecule is CN1CCN(S(=O)(=O)c2ccc(SCCOc3cccc(Cl)c3)nc2)CC1. The standard InChI is InChI=1S/C18H22ClN3O3S2/c1-21-7-9-22(10-8-21)27(23,24)17-5-6-18(20-14-17)26-12-11-25-16-4-2-3-15(19)13-16/h2-6,13-14H,7-12H2,1H3. The number of ether oxygens (including phenoxy) is 1. The molecule has 27 heavy (non-hydrogen) atoms. The first kappa shape index (κ1) is 20.4. The van der Waals surface area contributed by atoms with Crippen LogP contribution in [-0.2, 0) is 10.0 Å². The summed E-state index contributed by atoms with van der Waals surface area (Å²) in [5.74, 6) is 1.43. The molecule has 2 aromatic rings. The molecule has 0 unspecified atom stereocenters. The first-order valence-electron chi connectivity index (χ1n) is 8.61. The highest BCUT2D eigenvalue weighted by atomic mass is 35.5. The molecular formula is C18H22ClN3O3S2. The van der Waals surface area contributed by atoms with E-state index in [4.69, 9.17) is 16.3 Å². The Labute approximate surface area is 169 Å². The summed E-state index contributed by atoms with van der Waals surface area (Å²) < 4.78 is 32.5. The lowest BCUT2D eigenvalue weighted by Gasteiger charge is -2.31. The number of pyridine rings is 1. The van der Waals surface area contributed by atoms with Gasteiger partial charge in [0.2, 0.25) is 10.0 Å². The maximum Gasteiger partial charge on any atom is 0.244 e. The third kappa shape index (κ3) is 5.58. The van der Waals surface area contributed by atoms with Crippen molar-refractivity contribution in [3.05, 3.63) is 47.6 Å². The fourth-order valence-corrected chi connectivity index (χ4v) is 4.86. The van der Waals surface area contributed by atoms with Gasteiger partial charge in [-0.2, -0.15) is 4.31 Å². The van der Waals surface area contributed by atoms with Crippen molar-refractivity contribution < 1.29 is 13.2 Å². The molecule has 1 aliphatic rings. The largest absolute Gasteiger partial charge is 0.493 e. The number of likely N-dealkylation sites (N-methyl/N-ethyl adjacent to an activating group) is 1. The zero-order chi connectivity index (χ0) is 19.3. The number of nitrogens with zero attached hydrogens (tertiary/aromatic N) is 3. The molecule has 146 valence electrons. The normalized spacial score (nSPS) is 16.4. The van der Waals surface area contributed by atoms with Crippen LogP contribution in [0.1, 0.15) is 0 Å². The molecule has 3 rings (SSSR count). The van der Waals surface area contributed by atoms with Crippen LogP contribution in [0.25, 0.3) is 0 Å². The third-order valence-electron chi connectivity index (χ3n) is 4.21. The Morgan fingerprint density at radius 3 is 2.63 bits per heavy atom. The molecule has 1 aromatic heterocycles. The number of aromatic nitrogens is 1. The molecular weight excluding hydrogens is 406 g/mol. The van der Waals surface area contributed by atoms with Gasteiger partial charge < -0.3 is 9.64 Å². The van der Waals surface area contributed by atoms with Crippen molar-refractivity contribution in [2.45, 2.75) is 9.92 Å². The Hall–Kier alpha value is -1.32. The summed E-state index contributed by atoms with van der Waals surface area (Å²) in [5, 5.41) is 1.40. The Morgan fingerprint density at radius 2 is 1.96 bits per heavy atom. The topological polar surface area (TPSA) is 62.7 Å². The van der Waals surface area contributed by atoms with Crippen LogP contribution in [0, 0.1) is 0 Å². The minimum Gasteiger partial charge on any atom is -0.493 e. The first-order chi connectivity index (χ1) is 12.9. The van der Waals surface area contributed by atoms with Gasteiger partial charge in [0.1, 0.15) is 10.6 Å². The molecule has 0 saturated carbocycles. The predicted molar refractivity (Wildman–Crippen MR) is 108 cm³/mol. The van der Waals surface area contributed by atoms with Gasteiger partial charge in [-0.25, -0.2) is 13.4 Å². The third-order valence-corrected chi connectivity index (χ3v) is 7.23. The minimum absolute atomic E-state index is 0.242. The van der Waals surface area contributed by atoms with Gasteiger partial charge in [-0.05, 0) is 37.4 Å². The maximum absolute atomic E-state index is 12.7. The fraction of sp³-hybridized carbons (Fsp3) is 0.389. The number of benzene rings is 1. The Bertz CT molecular complexity index is 854. The Balaban J connectivity index is 1.51. The number of hydrogen-bond acceptors (Lipinski definition) is 6. The lowest BCUT2D eigenvalue weighted by atomic mass is 10.3. The van der Waals surface area contributed by atoms with E-state index in [1.165, 1.54) is 22.3 Å². The second kappa shape index (κ2) is 9.25. The van der Waals surface area contributed by atoms with Gasteiger partial charge in [-0.3, -0.25) is 0 Å². The van der Waals surface area contributed by atoms with E-state index in [0.29, 0.717) is 30.5 Å². The molecule has 1 fully saturated rings. The molecule has 0 N–H and O–H groups in total. The van der Waals surface area contributed by atoms with Gasteiger partial charge in [0.15, 0.2) is 0 Å². The lowest BCUT2D eigenvalue weighted by molar-refractivity contribution is 0.222. The highest BCUT2D eigenvalue weighted by molar-refractivity contribution is 7.99. The summed E-state index contributed by atoms with van der Waals surface area (Å²) in [6.45, 7) is 3.01. The first-order valence-corrected chi connectivity index (χ1v) is 11.4. The van der Waals surface area contributed by atoms with Crippen molar-refractivity contribution in [1.29, 1.82) is 0 Å². The lowest BCUT2D eigenvalue weighted by Crippen LogP contribution is -2.47. The van der Waals surface area contributed by atoms with Crippen LogP contribution in [0.2, 0.25) is 5.02 Å². The smallest absolute Gasteiger partial charge is 0.244 e. The number of rotatable bonds is 7. The van der Waals surface area contributed by atoms with Crippen molar-refractivity contribution in [2.24, 2.45) is 0 Å². The van der Waals surface area contributed by atoms with Crippen LogP contribution in [-0.4, -0.2) is 68.2 Å². The van der Waals surface area contributed by atoms with Crippen molar-refractivity contribution in [3.8, 4) is 5.75 Å². The number of piperazine rings is 1. The van der Waals surface area contributed by atoms with Gasteiger partial charge in [0.05, 0.1) is 11.6 Å². The van der Waals surface area contributed by atoms with Gasteiger partial charge >= 0.3 is 0 Å². The number of halogens is 1. The maximum atomic E-state index is 12.7. The fourth-order valence-electron chi connectivity index (χ4n) is 2.64. The molecule has 0 radical (unpaired) electrons. The van der Waals surface area contributed by atoms with E-state index in [2.05, 4.69) is 9.88 Å². The molecule has 0 atom stereocenters. The molecule has 0 bridgehead atoms. The molecule has 6 nitrogen and oxygen atoms in total. The summed E-state index contributed by atoms with van der Waals surface area (Å²) in [6.07, 6.45) is 1.44. The van der Waals surface area contributed by atoms with Gasteiger partial charge in [0, 0.05) is 43.2 Å². The number of thioether (sulfide) groups is 1. The van der Waals surface area contributed by atoms with E-state index in [0.717, 1.165) is 23.9 Å². The van der Waals surface area contributed by atoms with Crippen LogP contribution in [0.5, 0.6) is 5.75 Å². The van der Waals surface area contributed by atoms with Crippen molar-refractivity contribution in [2.75, 3.05) is 45.6 Å². The van der Waals surface area contributed by atoms with Crippen molar-refractivity contribution >= 4 is 33.4 Å². The Kier molecular flexibility index (Phi) is 6.99. The van der Waals surface area contributed by atoms with E-state index in [-0.39, 0.29) is 4.90 Å². The van der Waals surface area contributed by atoms with Gasteiger partial charge in [-0.15, -0.1) is 11.8 Å². The van der Waals surface area contributed by atoms with Gasteiger partial charge in [0.25, 0.3) is 0 Å². The summed E-state index contributed by atoms with van der Waals surface area (Å²) in [5.41, 5.74) is 0. The molecule has 2 heterocycles. The molecule has 9 heteroatoms. The summed E-state index contributed by atoms with van der Waals surface area (Å²) >= 11 is 7.43. The molecule has 1 aliphatic heterocycles. The molecule has 0 spiro atoms. The second-order valence-corrected chi connectivity index (χ2v) is 9.68. The molecule has 0 aliphatic carbocycles. The Morgan fingerprint density at radius 1 is 1.19 bits per heavy atom. The number of hydrogen-bond donors (Lipinski definition) is 0. The van der Waals surface area contributed by atoms with Crippen molar-refractivity contribution in [1.82, 2.24) is 14.2 Å². The average molecular weight is 428 g/mol. The van der Waals surface area contributed by atoms with E-state index < -0.39 is 10.0 Å². The molecule has 1 aromatic carbocycles. The average Bonchev–Trinajstić information content (AvgIpc) is 2.66. The van der Waals surface area contributed by atoms with Crippen LogP contribution < -0.4 is 4.74 Å². The monoisotopic (exact) mass is 427 g/mol. The van der Waals surface area contributed by atoms with Crippen LogP contribution in [0.15, 0.2) is 52.5 Å². The summed E-state index contributed by atoms with van der Waals surface area (Å²) in [7, 11) is -1.48. The zero-order valence-corrected chi connectivity index (χ0v) is 17.4. The quantitative estimate of drug-likeness (QED) is 0.500. The molecule has 0 amide bonds. The van der Waals surface area contributed by atoms with Crippen LogP contribution in [0.3, 0.4) is 0 Å². The summed E-state index contributed by atoms with van der Waals surface area (Å²) in [4.78, 5) is 6.65. The second-order valence-electron chi connectivity index (χ2n) is 6.19. The zero-order valence-electron chi connectivity index (χ0n) is 15.0. The number of sulfonamides is 1. The highest BCUT2D eigenvalue weighted by Crippen LogP contribution is 2.21. The predicted octanol–water partition coefficient (Wildman–Crippen LogP) is 2.84. The van der Waals surface area contributed by atoms with E-state index in [1.807, 2.05) is 19.2 Å². The van der Waals surface area contributed by atoms with E-state index in [1.54, 1.807) is 24.3 Å². The highest BCUT2D eigenvalue weighted by Gasteiger charge is 2.27. The minimum atomic E-state index is -3.47. The van der Waals surface area contributed by atoms with Crippen LogP contribution >= 0.6 is 23.4 Å². The van der Waals surface area contributed by atoms with E-state index >= 15 is 0 Å². The molecule has 1 saturated heterocycles. The van der Waals surface area contributed by atoms with Crippen molar-refractivity contribution in [3.63, 3.8) is 0 Å². The van der Waals surface area contributed by atoms with Gasteiger partial charge in [-0.1, -0.05) is 17.7 Å².